The monoisotopic (exact) mass is 250 g/mol. The number of nitrogens with zero attached hydrogens (tertiary/aromatic N) is 1. The minimum absolute atomic E-state index is 0.103. The molecule has 0 saturated heterocycles. The Hall–Kier alpha value is -1.57. The summed E-state index contributed by atoms with van der Waals surface area (Å²) in [5, 5.41) is 20.8. The molecular weight excluding hydrogens is 232 g/mol. The van der Waals surface area contributed by atoms with Crippen LogP contribution in [0.25, 0.3) is 0 Å². The van der Waals surface area contributed by atoms with Gasteiger partial charge in [-0.3, -0.25) is 9.59 Å². The van der Waals surface area contributed by atoms with E-state index in [1.165, 1.54) is 0 Å². The van der Waals surface area contributed by atoms with Gasteiger partial charge in [0.15, 0.2) is 0 Å². The van der Waals surface area contributed by atoms with Crippen LogP contribution in [-0.2, 0) is 9.59 Å². The third kappa shape index (κ3) is 1.96. The maximum absolute atomic E-state index is 12.1. The summed E-state index contributed by atoms with van der Waals surface area (Å²) in [4.78, 5) is 23.1. The van der Waals surface area contributed by atoms with Gasteiger partial charge in [-0.25, -0.2) is 0 Å². The largest absolute Gasteiger partial charge is 0.481 e. The smallest absolute Gasteiger partial charge is 0.307 e. The number of carboxylic acids is 1. The summed E-state index contributed by atoms with van der Waals surface area (Å²) in [5.74, 6) is -2.31. The Balaban J connectivity index is 1.98. The predicted octanol–water partition coefficient (Wildman–Crippen LogP) is 1.15. The van der Waals surface area contributed by atoms with Gasteiger partial charge in [0.1, 0.15) is 0 Å². The number of carboxylic acid groups (broad SMARTS) is 1. The lowest BCUT2D eigenvalue weighted by molar-refractivity contribution is -0.140. The van der Waals surface area contributed by atoms with Gasteiger partial charge in [0.25, 0.3) is 0 Å². The summed E-state index contributed by atoms with van der Waals surface area (Å²) >= 11 is 0. The molecule has 2 N–H and O–H groups in total. The van der Waals surface area contributed by atoms with Crippen LogP contribution in [0.5, 0.6) is 0 Å². The standard InChI is InChI=1S/C13H18N2O3/c1-13(2)9(10(13)12(17)18)11(16)15-8-5-3-4-7(8)6-14/h7-10H,3-5H2,1-2H3,(H,15,16)(H,17,18). The van der Waals surface area contributed by atoms with Gasteiger partial charge in [0.05, 0.1) is 23.8 Å². The van der Waals surface area contributed by atoms with Crippen LogP contribution >= 0.6 is 0 Å². The lowest BCUT2D eigenvalue weighted by atomic mass is 10.0. The Morgan fingerprint density at radius 1 is 1.33 bits per heavy atom. The summed E-state index contributed by atoms with van der Waals surface area (Å²) in [6.07, 6.45) is 2.58. The van der Waals surface area contributed by atoms with Crippen LogP contribution in [0.15, 0.2) is 0 Å². The molecule has 98 valence electrons. The van der Waals surface area contributed by atoms with Crippen molar-refractivity contribution in [3.63, 3.8) is 0 Å². The van der Waals surface area contributed by atoms with E-state index in [1.807, 2.05) is 0 Å². The molecule has 2 aliphatic rings. The first-order valence-electron chi connectivity index (χ1n) is 6.32. The van der Waals surface area contributed by atoms with Gasteiger partial charge in [0, 0.05) is 6.04 Å². The normalized spacial score (nSPS) is 36.7. The molecule has 5 heteroatoms. The first kappa shape index (κ1) is 12.9. The van der Waals surface area contributed by atoms with E-state index < -0.39 is 23.2 Å². The fourth-order valence-electron chi connectivity index (χ4n) is 3.15. The Morgan fingerprint density at radius 2 is 2.00 bits per heavy atom. The van der Waals surface area contributed by atoms with Gasteiger partial charge in [-0.1, -0.05) is 13.8 Å². The van der Waals surface area contributed by atoms with Crippen molar-refractivity contribution in [2.75, 3.05) is 0 Å². The van der Waals surface area contributed by atoms with Crippen molar-refractivity contribution in [3.05, 3.63) is 0 Å². The SMILES string of the molecule is CC1(C)C(C(=O)O)C1C(=O)NC1CCCC1C#N. The Kier molecular flexibility index (Phi) is 3.05. The minimum Gasteiger partial charge on any atom is -0.481 e. The van der Waals surface area contributed by atoms with Gasteiger partial charge in [-0.2, -0.15) is 5.26 Å². The summed E-state index contributed by atoms with van der Waals surface area (Å²) in [6.45, 7) is 3.60. The van der Waals surface area contributed by atoms with Gasteiger partial charge in [0.2, 0.25) is 5.91 Å². The Labute approximate surface area is 106 Å². The number of rotatable bonds is 3. The van der Waals surface area contributed by atoms with Crippen molar-refractivity contribution >= 4 is 11.9 Å². The molecule has 0 aromatic rings. The minimum atomic E-state index is -0.914. The van der Waals surface area contributed by atoms with E-state index in [9.17, 15) is 9.59 Å². The van der Waals surface area contributed by atoms with Gasteiger partial charge < -0.3 is 10.4 Å². The lowest BCUT2D eigenvalue weighted by Crippen LogP contribution is -2.38. The van der Waals surface area contributed by atoms with E-state index >= 15 is 0 Å². The molecule has 2 fully saturated rings. The van der Waals surface area contributed by atoms with Crippen LogP contribution in [-0.4, -0.2) is 23.0 Å². The summed E-state index contributed by atoms with van der Waals surface area (Å²) in [6, 6.07) is 2.10. The number of aliphatic carboxylic acids is 1. The highest BCUT2D eigenvalue weighted by molar-refractivity contribution is 5.91. The molecule has 0 radical (unpaired) electrons. The first-order chi connectivity index (χ1) is 8.39. The zero-order chi connectivity index (χ0) is 13.5. The third-order valence-electron chi connectivity index (χ3n) is 4.39. The molecular formula is C13H18N2O3. The van der Waals surface area contributed by atoms with Gasteiger partial charge >= 0.3 is 5.97 Å². The zero-order valence-corrected chi connectivity index (χ0v) is 10.6. The molecule has 5 nitrogen and oxygen atoms in total. The average molecular weight is 250 g/mol. The number of nitriles is 1. The number of nitrogens with one attached hydrogen (secondary N) is 1. The number of amides is 1. The van der Waals surface area contributed by atoms with Crippen molar-refractivity contribution in [3.8, 4) is 6.07 Å². The highest BCUT2D eigenvalue weighted by Gasteiger charge is 2.66. The predicted molar refractivity (Wildman–Crippen MR) is 63.3 cm³/mol. The molecule has 0 aromatic heterocycles. The number of carbonyl (C=O) groups is 2. The van der Waals surface area contributed by atoms with Gasteiger partial charge in [-0.15, -0.1) is 0 Å². The van der Waals surface area contributed by atoms with Crippen LogP contribution in [0.3, 0.4) is 0 Å². The van der Waals surface area contributed by atoms with Crippen molar-refractivity contribution in [2.45, 2.75) is 39.2 Å². The topological polar surface area (TPSA) is 90.2 Å². The molecule has 1 amide bonds. The van der Waals surface area contributed by atoms with Crippen molar-refractivity contribution in [1.82, 2.24) is 5.32 Å². The second-order valence-electron chi connectivity index (χ2n) is 5.90. The molecule has 2 aliphatic carbocycles. The molecule has 0 bridgehead atoms. The molecule has 0 heterocycles. The molecule has 4 atom stereocenters. The molecule has 0 spiro atoms. The lowest BCUT2D eigenvalue weighted by Gasteiger charge is -2.16. The van der Waals surface area contributed by atoms with Crippen molar-refractivity contribution in [2.24, 2.45) is 23.2 Å². The number of hydrogen-bond donors (Lipinski definition) is 2. The van der Waals surface area contributed by atoms with Crippen LogP contribution < -0.4 is 5.32 Å². The second-order valence-corrected chi connectivity index (χ2v) is 5.90. The highest BCUT2D eigenvalue weighted by atomic mass is 16.4. The molecule has 0 aliphatic heterocycles. The fourth-order valence-corrected chi connectivity index (χ4v) is 3.15. The molecule has 2 saturated carbocycles. The number of hydrogen-bond acceptors (Lipinski definition) is 3. The van der Waals surface area contributed by atoms with Crippen LogP contribution in [0.1, 0.15) is 33.1 Å². The molecule has 2 rings (SSSR count). The van der Waals surface area contributed by atoms with Crippen LogP contribution in [0, 0.1) is 34.5 Å². The third-order valence-corrected chi connectivity index (χ3v) is 4.39. The molecule has 0 aromatic carbocycles. The second kappa shape index (κ2) is 4.27. The summed E-state index contributed by atoms with van der Waals surface area (Å²) in [5.41, 5.74) is -0.476. The van der Waals surface area contributed by atoms with E-state index in [4.69, 9.17) is 10.4 Å². The van der Waals surface area contributed by atoms with Crippen molar-refractivity contribution in [1.29, 1.82) is 5.26 Å². The van der Waals surface area contributed by atoms with E-state index in [0.29, 0.717) is 0 Å². The first-order valence-corrected chi connectivity index (χ1v) is 6.32. The summed E-state index contributed by atoms with van der Waals surface area (Å²) in [7, 11) is 0. The Morgan fingerprint density at radius 3 is 2.50 bits per heavy atom. The Bertz CT molecular complexity index is 424. The van der Waals surface area contributed by atoms with E-state index in [2.05, 4.69) is 11.4 Å². The van der Waals surface area contributed by atoms with Crippen LogP contribution in [0.4, 0.5) is 0 Å². The number of carbonyl (C=O) groups excluding carboxylic acids is 1. The molecule has 4 unspecified atom stereocenters. The van der Waals surface area contributed by atoms with Crippen LogP contribution in [0.2, 0.25) is 0 Å². The quantitative estimate of drug-likeness (QED) is 0.786. The maximum Gasteiger partial charge on any atom is 0.307 e. The maximum atomic E-state index is 12.1. The summed E-state index contributed by atoms with van der Waals surface area (Å²) < 4.78 is 0. The average Bonchev–Trinajstić information content (AvgIpc) is 2.66. The van der Waals surface area contributed by atoms with E-state index in [1.54, 1.807) is 13.8 Å². The van der Waals surface area contributed by atoms with E-state index in [0.717, 1.165) is 19.3 Å². The zero-order valence-electron chi connectivity index (χ0n) is 10.6. The van der Waals surface area contributed by atoms with Gasteiger partial charge in [-0.05, 0) is 24.7 Å². The highest BCUT2D eigenvalue weighted by Crippen LogP contribution is 2.58. The fraction of sp³-hybridized carbons (Fsp3) is 0.769. The molecule has 18 heavy (non-hydrogen) atoms. The van der Waals surface area contributed by atoms with Crippen molar-refractivity contribution < 1.29 is 14.7 Å². The van der Waals surface area contributed by atoms with E-state index in [-0.39, 0.29) is 17.9 Å².